The minimum absolute atomic E-state index is 0.253. The van der Waals surface area contributed by atoms with Crippen molar-refractivity contribution in [3.05, 3.63) is 89.7 Å². The number of aromatic nitrogens is 3. The van der Waals surface area contributed by atoms with Crippen molar-refractivity contribution in [3.63, 3.8) is 0 Å². The maximum absolute atomic E-state index is 9.26. The summed E-state index contributed by atoms with van der Waals surface area (Å²) < 4.78 is 7.95. The van der Waals surface area contributed by atoms with Gasteiger partial charge in [0.25, 0.3) is 0 Å². The van der Waals surface area contributed by atoms with E-state index < -0.39 is 0 Å². The molecular weight excluding hydrogens is 460 g/mol. The number of hydrogen-bond acceptors (Lipinski definition) is 6. The maximum Gasteiger partial charge on any atom is 0.234 e. The van der Waals surface area contributed by atoms with Crippen molar-refractivity contribution in [1.82, 2.24) is 19.5 Å². The SMILES string of the molecule is CC[C@@H]1CN(c2cc(OCc3ccccc3)nn3cc(CC#N)nc23)[C@@H](CC)CN1Cc1ccccc1. The summed E-state index contributed by atoms with van der Waals surface area (Å²) in [5, 5.41) is 14.0. The number of rotatable bonds is 9. The number of nitriles is 1. The zero-order valence-electron chi connectivity index (χ0n) is 21.6. The van der Waals surface area contributed by atoms with Gasteiger partial charge in [0, 0.05) is 37.8 Å². The zero-order valence-corrected chi connectivity index (χ0v) is 21.6. The second kappa shape index (κ2) is 11.4. The molecule has 0 spiro atoms. The first-order chi connectivity index (χ1) is 18.2. The van der Waals surface area contributed by atoms with Crippen LogP contribution in [0.25, 0.3) is 5.65 Å². The van der Waals surface area contributed by atoms with Crippen LogP contribution in [-0.2, 0) is 19.6 Å². The van der Waals surface area contributed by atoms with Crippen LogP contribution in [-0.4, -0.2) is 44.7 Å². The van der Waals surface area contributed by atoms with E-state index in [1.165, 1.54) is 5.56 Å². The molecule has 2 aromatic carbocycles. The number of hydrogen-bond donors (Lipinski definition) is 0. The van der Waals surface area contributed by atoms with Crippen LogP contribution in [0.15, 0.2) is 72.9 Å². The summed E-state index contributed by atoms with van der Waals surface area (Å²) >= 11 is 0. The molecule has 3 heterocycles. The molecule has 0 saturated carbocycles. The van der Waals surface area contributed by atoms with Crippen molar-refractivity contribution in [2.45, 2.75) is 58.3 Å². The van der Waals surface area contributed by atoms with Gasteiger partial charge in [0.05, 0.1) is 30.1 Å². The molecule has 7 heteroatoms. The molecule has 2 atom stereocenters. The highest BCUT2D eigenvalue weighted by Gasteiger charge is 2.34. The van der Waals surface area contributed by atoms with Crippen molar-refractivity contribution >= 4 is 11.3 Å². The Morgan fingerprint density at radius 1 is 0.946 bits per heavy atom. The predicted octanol–water partition coefficient (Wildman–Crippen LogP) is 5.25. The van der Waals surface area contributed by atoms with E-state index in [1.807, 2.05) is 42.6 Å². The zero-order chi connectivity index (χ0) is 25.6. The van der Waals surface area contributed by atoms with Crippen LogP contribution < -0.4 is 9.64 Å². The van der Waals surface area contributed by atoms with Gasteiger partial charge >= 0.3 is 0 Å². The molecule has 4 aromatic rings. The van der Waals surface area contributed by atoms with Crippen LogP contribution in [0.2, 0.25) is 0 Å². The third-order valence-electron chi connectivity index (χ3n) is 7.21. The molecule has 0 bridgehead atoms. The highest BCUT2D eigenvalue weighted by atomic mass is 16.5. The average molecular weight is 495 g/mol. The first-order valence-corrected chi connectivity index (χ1v) is 13.2. The summed E-state index contributed by atoms with van der Waals surface area (Å²) in [6.07, 6.45) is 4.18. The molecule has 2 aromatic heterocycles. The lowest BCUT2D eigenvalue weighted by atomic mass is 10.0. The van der Waals surface area contributed by atoms with Crippen LogP contribution >= 0.6 is 0 Å². The summed E-state index contributed by atoms with van der Waals surface area (Å²) in [4.78, 5) is 9.92. The summed E-state index contributed by atoms with van der Waals surface area (Å²) in [5.41, 5.74) is 4.96. The van der Waals surface area contributed by atoms with E-state index >= 15 is 0 Å². The van der Waals surface area contributed by atoms with Crippen molar-refractivity contribution < 1.29 is 4.74 Å². The van der Waals surface area contributed by atoms with Gasteiger partial charge in [-0.15, -0.1) is 5.10 Å². The number of piperazine rings is 1. The second-order valence-corrected chi connectivity index (χ2v) is 9.67. The Morgan fingerprint density at radius 3 is 2.32 bits per heavy atom. The molecule has 190 valence electrons. The first-order valence-electron chi connectivity index (χ1n) is 13.2. The van der Waals surface area contributed by atoms with Crippen molar-refractivity contribution in [3.8, 4) is 11.9 Å². The third kappa shape index (κ3) is 5.60. The number of benzene rings is 2. The van der Waals surface area contributed by atoms with Crippen molar-refractivity contribution in [2.24, 2.45) is 0 Å². The van der Waals surface area contributed by atoms with Crippen LogP contribution in [0.3, 0.4) is 0 Å². The fraction of sp³-hybridized carbons (Fsp3) is 0.367. The molecule has 0 amide bonds. The van der Waals surface area contributed by atoms with Gasteiger partial charge in [0.15, 0.2) is 5.65 Å². The van der Waals surface area contributed by atoms with E-state index in [4.69, 9.17) is 14.8 Å². The number of nitrogens with zero attached hydrogens (tertiary/aromatic N) is 6. The summed E-state index contributed by atoms with van der Waals surface area (Å²) in [7, 11) is 0. The Hall–Kier alpha value is -3.89. The molecule has 0 radical (unpaired) electrons. The monoisotopic (exact) mass is 494 g/mol. The predicted molar refractivity (Wildman–Crippen MR) is 145 cm³/mol. The van der Waals surface area contributed by atoms with E-state index in [2.05, 4.69) is 60.0 Å². The Balaban J connectivity index is 1.47. The summed E-state index contributed by atoms with van der Waals surface area (Å²) in [6.45, 7) is 7.80. The fourth-order valence-electron chi connectivity index (χ4n) is 5.22. The highest BCUT2D eigenvalue weighted by molar-refractivity contribution is 5.71. The van der Waals surface area contributed by atoms with Crippen LogP contribution in [0.5, 0.6) is 5.88 Å². The lowest BCUT2D eigenvalue weighted by Gasteiger charge is -2.47. The topological polar surface area (TPSA) is 69.7 Å². The van der Waals surface area contributed by atoms with Gasteiger partial charge < -0.3 is 9.64 Å². The van der Waals surface area contributed by atoms with E-state index in [0.29, 0.717) is 24.6 Å². The van der Waals surface area contributed by atoms with Gasteiger partial charge in [0.2, 0.25) is 5.88 Å². The standard InChI is InChI=1S/C30H34N6O/c1-3-26-21-35(27(4-2)20-34(26)18-23-11-7-5-8-12-23)28-17-29(37-22-24-13-9-6-10-14-24)33-36-19-25(15-16-31)32-30(28)36/h5-14,17,19,26-27H,3-4,15,18,20-22H2,1-2H3/t26-,27+/m1/s1. The van der Waals surface area contributed by atoms with E-state index in [-0.39, 0.29) is 6.42 Å². The van der Waals surface area contributed by atoms with Gasteiger partial charge in [-0.3, -0.25) is 4.90 Å². The average Bonchev–Trinajstić information content (AvgIpc) is 3.35. The van der Waals surface area contributed by atoms with Crippen LogP contribution in [0.4, 0.5) is 5.69 Å². The molecule has 1 saturated heterocycles. The number of anilines is 1. The van der Waals surface area contributed by atoms with Gasteiger partial charge in [0.1, 0.15) is 6.61 Å². The number of imidazole rings is 1. The molecule has 1 aliphatic rings. The highest BCUT2D eigenvalue weighted by Crippen LogP contribution is 2.32. The molecule has 5 rings (SSSR count). The van der Waals surface area contributed by atoms with Gasteiger partial charge in [-0.25, -0.2) is 9.50 Å². The van der Waals surface area contributed by atoms with Crippen LogP contribution in [0.1, 0.15) is 43.5 Å². The normalized spacial score (nSPS) is 18.1. The number of fused-ring (bicyclic) bond motifs is 1. The molecule has 1 aliphatic heterocycles. The number of ether oxygens (including phenoxy) is 1. The van der Waals surface area contributed by atoms with Crippen LogP contribution in [0, 0.1) is 11.3 Å². The van der Waals surface area contributed by atoms with E-state index in [9.17, 15) is 5.26 Å². The summed E-state index contributed by atoms with van der Waals surface area (Å²) in [5.74, 6) is 0.557. The molecule has 0 N–H and O–H groups in total. The Bertz CT molecular complexity index is 1350. The van der Waals surface area contributed by atoms with Gasteiger partial charge in [-0.05, 0) is 24.0 Å². The lowest BCUT2D eigenvalue weighted by Crippen LogP contribution is -2.58. The Morgan fingerprint density at radius 2 is 1.65 bits per heavy atom. The molecule has 0 aliphatic carbocycles. The third-order valence-corrected chi connectivity index (χ3v) is 7.21. The molecule has 37 heavy (non-hydrogen) atoms. The minimum Gasteiger partial charge on any atom is -0.472 e. The van der Waals surface area contributed by atoms with Gasteiger partial charge in [-0.1, -0.05) is 74.5 Å². The second-order valence-electron chi connectivity index (χ2n) is 9.67. The fourth-order valence-corrected chi connectivity index (χ4v) is 5.22. The van der Waals surface area contributed by atoms with Crippen molar-refractivity contribution in [2.75, 3.05) is 18.0 Å². The largest absolute Gasteiger partial charge is 0.472 e. The first kappa shape index (κ1) is 24.8. The molecule has 1 fully saturated rings. The molecule has 7 nitrogen and oxygen atoms in total. The molecule has 0 unspecified atom stereocenters. The van der Waals surface area contributed by atoms with Crippen molar-refractivity contribution in [1.29, 1.82) is 5.26 Å². The Labute approximate surface area is 218 Å². The Kier molecular flexibility index (Phi) is 7.67. The van der Waals surface area contributed by atoms with E-state index in [1.54, 1.807) is 4.52 Å². The van der Waals surface area contributed by atoms with Gasteiger partial charge in [-0.2, -0.15) is 5.26 Å². The van der Waals surface area contributed by atoms with E-state index in [0.717, 1.165) is 55.1 Å². The quantitative estimate of drug-likeness (QED) is 0.316. The lowest BCUT2D eigenvalue weighted by molar-refractivity contribution is 0.136. The minimum atomic E-state index is 0.253. The smallest absolute Gasteiger partial charge is 0.234 e. The molecular formula is C30H34N6O. The summed E-state index contributed by atoms with van der Waals surface area (Å²) in [6, 6.07) is 25.8. The maximum atomic E-state index is 9.26.